The minimum atomic E-state index is -0.185. The number of aromatic nitrogens is 3. The Bertz CT molecular complexity index is 1950. The number of hydrogen-bond acceptors (Lipinski definition) is 3. The lowest BCUT2D eigenvalue weighted by molar-refractivity contribution is 0.641. The number of fused-ring (bicyclic) bond motifs is 1. The van der Waals surface area contributed by atoms with Gasteiger partial charge in [-0.25, -0.2) is 9.97 Å². The summed E-state index contributed by atoms with van der Waals surface area (Å²) >= 11 is 0. The van der Waals surface area contributed by atoms with Crippen LogP contribution in [0.2, 0.25) is 0 Å². The van der Waals surface area contributed by atoms with Gasteiger partial charge in [-0.15, -0.1) is 0 Å². The highest BCUT2D eigenvalue weighted by Gasteiger charge is 2.23. The van der Waals surface area contributed by atoms with Crippen molar-refractivity contribution in [3.63, 3.8) is 0 Å². The van der Waals surface area contributed by atoms with Crippen molar-refractivity contribution in [1.29, 1.82) is 0 Å². The lowest BCUT2D eigenvalue weighted by Crippen LogP contribution is -2.18. The minimum absolute atomic E-state index is 0.185. The van der Waals surface area contributed by atoms with Crippen molar-refractivity contribution in [3.05, 3.63) is 163 Å². The molecule has 2 heterocycles. The summed E-state index contributed by atoms with van der Waals surface area (Å²) in [5, 5.41) is 1.15. The van der Waals surface area contributed by atoms with Gasteiger partial charge in [-0.05, 0) is 28.8 Å². The first-order valence-corrected chi connectivity index (χ1v) is 14.6. The molecule has 0 atom stereocenters. The maximum Gasteiger partial charge on any atom is 0.160 e. The molecule has 0 aliphatic heterocycles. The van der Waals surface area contributed by atoms with E-state index in [9.17, 15) is 0 Å². The zero-order valence-electron chi connectivity index (χ0n) is 24.3. The third kappa shape index (κ3) is 5.22. The Hall–Kier alpha value is -5.41. The van der Waals surface area contributed by atoms with E-state index in [1.807, 2.05) is 48.7 Å². The number of nitrogens with zero attached hydrogens (tertiary/aromatic N) is 3. The van der Waals surface area contributed by atoms with Crippen LogP contribution in [0.4, 0.5) is 0 Å². The van der Waals surface area contributed by atoms with E-state index in [0.717, 1.165) is 50.4 Å². The predicted octanol–water partition coefficient (Wildman–Crippen LogP) is 10.0. The molecule has 43 heavy (non-hydrogen) atoms. The van der Waals surface area contributed by atoms with Gasteiger partial charge in [0.15, 0.2) is 5.82 Å². The Labute approximate surface area is 252 Å². The quantitative estimate of drug-likeness (QED) is 0.206. The molecular weight excluding hydrogens is 522 g/mol. The topological polar surface area (TPSA) is 38.7 Å². The summed E-state index contributed by atoms with van der Waals surface area (Å²) in [4.78, 5) is 14.6. The fourth-order valence-corrected chi connectivity index (χ4v) is 5.70. The molecule has 206 valence electrons. The first-order valence-electron chi connectivity index (χ1n) is 14.6. The van der Waals surface area contributed by atoms with Crippen LogP contribution in [0, 0.1) is 0 Å². The first kappa shape index (κ1) is 26.5. The van der Waals surface area contributed by atoms with Gasteiger partial charge in [0.2, 0.25) is 0 Å². The number of pyridine rings is 1. The Morgan fingerprint density at radius 1 is 0.465 bits per heavy atom. The highest BCUT2D eigenvalue weighted by molar-refractivity contribution is 5.93. The van der Waals surface area contributed by atoms with Gasteiger partial charge < -0.3 is 0 Å². The first-order chi connectivity index (χ1) is 21.1. The van der Waals surface area contributed by atoms with Crippen molar-refractivity contribution in [3.8, 4) is 45.0 Å². The number of para-hydroxylation sites is 1. The number of benzene rings is 5. The molecule has 0 saturated carbocycles. The molecule has 7 rings (SSSR count). The van der Waals surface area contributed by atoms with Gasteiger partial charge in [0.1, 0.15) is 0 Å². The molecule has 0 aliphatic rings. The molecule has 0 N–H and O–H groups in total. The zero-order chi connectivity index (χ0) is 29.2. The molecule has 0 aliphatic carbocycles. The second-order valence-electron chi connectivity index (χ2n) is 11.4. The van der Waals surface area contributed by atoms with Crippen molar-refractivity contribution >= 4 is 10.9 Å². The van der Waals surface area contributed by atoms with E-state index in [2.05, 4.69) is 122 Å². The lowest BCUT2D eigenvalue weighted by Gasteiger charge is -2.26. The van der Waals surface area contributed by atoms with Gasteiger partial charge in [-0.3, -0.25) is 4.98 Å². The van der Waals surface area contributed by atoms with Crippen LogP contribution < -0.4 is 0 Å². The molecule has 0 radical (unpaired) electrons. The fraction of sp³-hybridized carbons (Fsp3) is 0.0750. The molecule has 0 fully saturated rings. The van der Waals surface area contributed by atoms with Crippen LogP contribution in [0.1, 0.15) is 25.0 Å². The van der Waals surface area contributed by atoms with Gasteiger partial charge in [0.25, 0.3) is 0 Å². The predicted molar refractivity (Wildman–Crippen MR) is 178 cm³/mol. The van der Waals surface area contributed by atoms with E-state index in [-0.39, 0.29) is 5.41 Å². The molecule has 2 aromatic heterocycles. The Kier molecular flexibility index (Phi) is 6.84. The lowest BCUT2D eigenvalue weighted by atomic mass is 9.77. The van der Waals surface area contributed by atoms with E-state index >= 15 is 0 Å². The van der Waals surface area contributed by atoms with Crippen LogP contribution in [0.5, 0.6) is 0 Å². The molecule has 3 nitrogen and oxygen atoms in total. The molecule has 7 aromatic rings. The van der Waals surface area contributed by atoms with Crippen LogP contribution >= 0.6 is 0 Å². The molecule has 0 amide bonds. The summed E-state index contributed by atoms with van der Waals surface area (Å²) in [6.07, 6.45) is 1.86. The SMILES string of the molecule is CC(C)(c1ccc(-c2nc(-c3ccccc3)cc(-c3ccccc3)n2)cc1)c1ccc(-c2cccc3cccnc23)cc1. The molecule has 5 aromatic carbocycles. The molecule has 0 saturated heterocycles. The smallest absolute Gasteiger partial charge is 0.160 e. The Morgan fingerprint density at radius 3 is 1.58 bits per heavy atom. The van der Waals surface area contributed by atoms with Crippen LogP contribution in [0.25, 0.3) is 55.9 Å². The number of rotatable bonds is 6. The third-order valence-electron chi connectivity index (χ3n) is 8.28. The van der Waals surface area contributed by atoms with Crippen molar-refractivity contribution in [2.45, 2.75) is 19.3 Å². The maximum atomic E-state index is 4.99. The Balaban J connectivity index is 1.21. The highest BCUT2D eigenvalue weighted by Crippen LogP contribution is 2.35. The van der Waals surface area contributed by atoms with E-state index in [1.165, 1.54) is 16.7 Å². The van der Waals surface area contributed by atoms with Gasteiger partial charge in [0.05, 0.1) is 16.9 Å². The standard InChI is InChI=1S/C40H31N3/c1-40(2,33-22-18-28(19-23-33)35-17-9-15-31-16-10-26-41-38(31)35)34-24-20-32(21-25-34)39-42-36(29-11-5-3-6-12-29)27-37(43-39)30-13-7-4-8-14-30/h3-27H,1-2H3. The van der Waals surface area contributed by atoms with Crippen LogP contribution in [0.3, 0.4) is 0 Å². The van der Waals surface area contributed by atoms with Gasteiger partial charge in [-0.1, -0.05) is 147 Å². The molecule has 0 unspecified atom stereocenters. The third-order valence-corrected chi connectivity index (χ3v) is 8.28. The zero-order valence-corrected chi connectivity index (χ0v) is 24.3. The summed E-state index contributed by atoms with van der Waals surface area (Å²) in [5.74, 6) is 0.720. The minimum Gasteiger partial charge on any atom is -0.256 e. The second-order valence-corrected chi connectivity index (χ2v) is 11.4. The van der Waals surface area contributed by atoms with E-state index in [4.69, 9.17) is 9.97 Å². The van der Waals surface area contributed by atoms with Crippen molar-refractivity contribution < 1.29 is 0 Å². The summed E-state index contributed by atoms with van der Waals surface area (Å²) in [5.41, 5.74) is 10.6. The average Bonchev–Trinajstić information content (AvgIpc) is 3.09. The average molecular weight is 554 g/mol. The van der Waals surface area contributed by atoms with E-state index in [1.54, 1.807) is 0 Å². The van der Waals surface area contributed by atoms with Crippen LogP contribution in [-0.4, -0.2) is 15.0 Å². The molecular formula is C40H31N3. The summed E-state index contributed by atoms with van der Waals surface area (Å²) in [6.45, 7) is 4.55. The second kappa shape index (κ2) is 11.1. The van der Waals surface area contributed by atoms with Crippen LogP contribution in [0.15, 0.2) is 152 Å². The van der Waals surface area contributed by atoms with E-state index in [0.29, 0.717) is 0 Å². The van der Waals surface area contributed by atoms with Crippen molar-refractivity contribution in [2.24, 2.45) is 0 Å². The maximum absolute atomic E-state index is 4.99. The van der Waals surface area contributed by atoms with Crippen LogP contribution in [-0.2, 0) is 5.41 Å². The van der Waals surface area contributed by atoms with Crippen molar-refractivity contribution in [2.75, 3.05) is 0 Å². The molecule has 0 bridgehead atoms. The Morgan fingerprint density at radius 2 is 1.00 bits per heavy atom. The molecule has 0 spiro atoms. The van der Waals surface area contributed by atoms with Crippen molar-refractivity contribution in [1.82, 2.24) is 15.0 Å². The molecule has 3 heteroatoms. The monoisotopic (exact) mass is 553 g/mol. The van der Waals surface area contributed by atoms with Gasteiger partial charge >= 0.3 is 0 Å². The fourth-order valence-electron chi connectivity index (χ4n) is 5.70. The van der Waals surface area contributed by atoms with Gasteiger partial charge in [0, 0.05) is 39.3 Å². The largest absolute Gasteiger partial charge is 0.256 e. The number of hydrogen-bond donors (Lipinski definition) is 0. The van der Waals surface area contributed by atoms with Gasteiger partial charge in [-0.2, -0.15) is 0 Å². The van der Waals surface area contributed by atoms with E-state index < -0.39 is 0 Å². The normalized spacial score (nSPS) is 11.5. The summed E-state index contributed by atoms with van der Waals surface area (Å²) in [7, 11) is 0. The highest BCUT2D eigenvalue weighted by atomic mass is 14.9. The summed E-state index contributed by atoms with van der Waals surface area (Å²) in [6, 6.07) is 50.7. The summed E-state index contributed by atoms with van der Waals surface area (Å²) < 4.78 is 0.